The van der Waals surface area contributed by atoms with Gasteiger partial charge in [0.1, 0.15) is 6.10 Å². The second-order valence-corrected chi connectivity index (χ2v) is 3.04. The first-order chi connectivity index (χ1) is 7.29. The zero-order valence-electron chi connectivity index (χ0n) is 7.91. The number of rotatable bonds is 2. The number of nitrogens with zero attached hydrogens (tertiary/aromatic N) is 3. The van der Waals surface area contributed by atoms with Crippen LogP contribution in [0.15, 0.2) is 37.1 Å². The Morgan fingerprint density at radius 1 is 1.13 bits per heavy atom. The number of aliphatic hydroxyl groups excluding tert-OH is 1. The van der Waals surface area contributed by atoms with Crippen LogP contribution in [-0.2, 0) is 0 Å². The summed E-state index contributed by atoms with van der Waals surface area (Å²) in [5, 5.41) is 9.95. The van der Waals surface area contributed by atoms with Crippen LogP contribution in [0.3, 0.4) is 0 Å². The Labute approximate surface area is 86.6 Å². The van der Waals surface area contributed by atoms with Gasteiger partial charge in [0.05, 0.1) is 11.9 Å². The fourth-order valence-corrected chi connectivity index (χ4v) is 1.26. The molecule has 2 heterocycles. The molecule has 0 aromatic carbocycles. The van der Waals surface area contributed by atoms with Crippen LogP contribution in [0.1, 0.15) is 17.4 Å². The van der Waals surface area contributed by atoms with Crippen LogP contribution in [0, 0.1) is 0 Å². The van der Waals surface area contributed by atoms with Gasteiger partial charge in [-0.05, 0) is 6.07 Å². The number of aliphatic hydroxyl groups is 1. The van der Waals surface area contributed by atoms with Crippen LogP contribution in [-0.4, -0.2) is 20.1 Å². The highest BCUT2D eigenvalue weighted by Crippen LogP contribution is 2.23. The SMILES string of the molecule is Nc1ccncc1C(O)c1cnccn1. The maximum atomic E-state index is 9.95. The Morgan fingerprint density at radius 3 is 2.60 bits per heavy atom. The predicted octanol–water partition coefficient (Wildman–Crippen LogP) is 0.536. The molecule has 0 saturated carbocycles. The smallest absolute Gasteiger partial charge is 0.126 e. The van der Waals surface area contributed by atoms with Crippen LogP contribution >= 0.6 is 0 Å². The Morgan fingerprint density at radius 2 is 1.93 bits per heavy atom. The largest absolute Gasteiger partial charge is 0.398 e. The van der Waals surface area contributed by atoms with Crippen LogP contribution in [0.2, 0.25) is 0 Å². The van der Waals surface area contributed by atoms with Crippen LogP contribution in [0.4, 0.5) is 5.69 Å². The fourth-order valence-electron chi connectivity index (χ4n) is 1.26. The minimum Gasteiger partial charge on any atom is -0.398 e. The first-order valence-corrected chi connectivity index (χ1v) is 4.42. The fraction of sp³-hybridized carbons (Fsp3) is 0.100. The van der Waals surface area contributed by atoms with Crippen molar-refractivity contribution in [1.29, 1.82) is 0 Å². The molecule has 2 aromatic rings. The minimum absolute atomic E-state index is 0.456. The number of anilines is 1. The summed E-state index contributed by atoms with van der Waals surface area (Å²) in [7, 11) is 0. The van der Waals surface area contributed by atoms with Gasteiger partial charge in [-0.3, -0.25) is 15.0 Å². The van der Waals surface area contributed by atoms with Crippen molar-refractivity contribution in [3.63, 3.8) is 0 Å². The standard InChI is InChI=1S/C10H10N4O/c11-8-1-2-12-5-7(8)10(15)9-6-13-3-4-14-9/h1-6,10,15H,(H2,11,12). The molecule has 1 atom stereocenters. The van der Waals surface area contributed by atoms with Gasteiger partial charge in [-0.1, -0.05) is 0 Å². The summed E-state index contributed by atoms with van der Waals surface area (Å²) in [5.74, 6) is 0. The summed E-state index contributed by atoms with van der Waals surface area (Å²) in [5.41, 5.74) is 7.20. The van der Waals surface area contributed by atoms with Crippen LogP contribution < -0.4 is 5.73 Å². The van der Waals surface area contributed by atoms with Crippen molar-refractivity contribution < 1.29 is 5.11 Å². The molecule has 0 spiro atoms. The summed E-state index contributed by atoms with van der Waals surface area (Å²) in [6, 6.07) is 1.63. The summed E-state index contributed by atoms with van der Waals surface area (Å²) >= 11 is 0. The molecule has 2 rings (SSSR count). The third-order valence-corrected chi connectivity index (χ3v) is 2.05. The van der Waals surface area contributed by atoms with E-state index in [9.17, 15) is 5.11 Å². The number of hydrogen-bond donors (Lipinski definition) is 2. The molecule has 2 aromatic heterocycles. The number of aromatic nitrogens is 3. The molecule has 0 bridgehead atoms. The zero-order valence-corrected chi connectivity index (χ0v) is 7.91. The average molecular weight is 202 g/mol. The molecule has 5 heteroatoms. The molecule has 3 N–H and O–H groups in total. The van der Waals surface area contributed by atoms with Crippen molar-refractivity contribution in [2.45, 2.75) is 6.10 Å². The monoisotopic (exact) mass is 202 g/mol. The molecular formula is C10H10N4O. The maximum Gasteiger partial charge on any atom is 0.126 e. The van der Waals surface area contributed by atoms with Gasteiger partial charge >= 0.3 is 0 Å². The quantitative estimate of drug-likeness (QED) is 0.742. The van der Waals surface area contributed by atoms with E-state index in [0.717, 1.165) is 0 Å². The molecule has 0 fully saturated rings. The minimum atomic E-state index is -0.882. The van der Waals surface area contributed by atoms with Crippen molar-refractivity contribution in [2.24, 2.45) is 0 Å². The molecule has 0 radical (unpaired) electrons. The lowest BCUT2D eigenvalue weighted by Gasteiger charge is -2.11. The third-order valence-electron chi connectivity index (χ3n) is 2.05. The Bertz CT molecular complexity index is 446. The van der Waals surface area contributed by atoms with Gasteiger partial charge in [0, 0.05) is 36.0 Å². The second kappa shape index (κ2) is 4.02. The van der Waals surface area contributed by atoms with E-state index in [2.05, 4.69) is 15.0 Å². The normalized spacial score (nSPS) is 12.3. The summed E-state index contributed by atoms with van der Waals surface area (Å²) in [4.78, 5) is 11.8. The van der Waals surface area contributed by atoms with Gasteiger partial charge in [-0.2, -0.15) is 0 Å². The van der Waals surface area contributed by atoms with E-state index in [1.165, 1.54) is 18.6 Å². The number of nitrogen functional groups attached to an aromatic ring is 1. The summed E-state index contributed by atoms with van der Waals surface area (Å²) < 4.78 is 0. The van der Waals surface area contributed by atoms with E-state index >= 15 is 0 Å². The Hall–Kier alpha value is -2.01. The molecule has 0 aliphatic heterocycles. The van der Waals surface area contributed by atoms with Crippen molar-refractivity contribution >= 4 is 5.69 Å². The van der Waals surface area contributed by atoms with E-state index in [0.29, 0.717) is 16.9 Å². The molecule has 0 saturated heterocycles. The van der Waals surface area contributed by atoms with E-state index in [1.807, 2.05) is 0 Å². The van der Waals surface area contributed by atoms with Crippen LogP contribution in [0.25, 0.3) is 0 Å². The van der Waals surface area contributed by atoms with E-state index in [-0.39, 0.29) is 0 Å². The third kappa shape index (κ3) is 1.92. The Kier molecular flexibility index (Phi) is 2.55. The number of pyridine rings is 1. The van der Waals surface area contributed by atoms with E-state index in [1.54, 1.807) is 18.5 Å². The van der Waals surface area contributed by atoms with Gasteiger partial charge in [0.25, 0.3) is 0 Å². The number of nitrogens with two attached hydrogens (primary N) is 1. The van der Waals surface area contributed by atoms with Gasteiger partial charge in [0.15, 0.2) is 0 Å². The maximum absolute atomic E-state index is 9.95. The number of hydrogen-bond acceptors (Lipinski definition) is 5. The Balaban J connectivity index is 2.37. The molecule has 1 unspecified atom stereocenters. The highest BCUT2D eigenvalue weighted by atomic mass is 16.3. The lowest BCUT2D eigenvalue weighted by atomic mass is 10.1. The van der Waals surface area contributed by atoms with Crippen molar-refractivity contribution in [3.8, 4) is 0 Å². The van der Waals surface area contributed by atoms with Gasteiger partial charge in [0.2, 0.25) is 0 Å². The lowest BCUT2D eigenvalue weighted by Crippen LogP contribution is -2.06. The predicted molar refractivity (Wildman–Crippen MR) is 54.7 cm³/mol. The average Bonchev–Trinajstić information content (AvgIpc) is 2.30. The molecule has 15 heavy (non-hydrogen) atoms. The van der Waals surface area contributed by atoms with E-state index in [4.69, 9.17) is 5.73 Å². The molecule has 0 aliphatic rings. The topological polar surface area (TPSA) is 84.9 Å². The summed E-state index contributed by atoms with van der Waals surface area (Å²) in [6.45, 7) is 0. The molecule has 5 nitrogen and oxygen atoms in total. The van der Waals surface area contributed by atoms with E-state index < -0.39 is 6.10 Å². The van der Waals surface area contributed by atoms with Crippen molar-refractivity contribution in [2.75, 3.05) is 5.73 Å². The molecule has 76 valence electrons. The first-order valence-electron chi connectivity index (χ1n) is 4.42. The van der Waals surface area contributed by atoms with Crippen molar-refractivity contribution in [1.82, 2.24) is 15.0 Å². The van der Waals surface area contributed by atoms with Gasteiger partial charge in [-0.15, -0.1) is 0 Å². The van der Waals surface area contributed by atoms with Gasteiger partial charge < -0.3 is 10.8 Å². The molecular weight excluding hydrogens is 192 g/mol. The molecule has 0 amide bonds. The first kappa shape index (κ1) is 9.54. The second-order valence-electron chi connectivity index (χ2n) is 3.04. The van der Waals surface area contributed by atoms with Crippen molar-refractivity contribution in [3.05, 3.63) is 48.3 Å². The van der Waals surface area contributed by atoms with Gasteiger partial charge in [-0.25, -0.2) is 0 Å². The lowest BCUT2D eigenvalue weighted by molar-refractivity contribution is 0.215. The molecule has 0 aliphatic carbocycles. The van der Waals surface area contributed by atoms with Crippen LogP contribution in [0.5, 0.6) is 0 Å². The summed E-state index contributed by atoms with van der Waals surface area (Å²) in [6.07, 6.45) is 6.77. The highest BCUT2D eigenvalue weighted by molar-refractivity contribution is 5.47. The highest BCUT2D eigenvalue weighted by Gasteiger charge is 2.14. The zero-order chi connectivity index (χ0) is 10.7.